The molecule has 6 nitrogen and oxygen atoms in total. The largest absolute Gasteiger partial charge is 0.496 e. The third-order valence-electron chi connectivity index (χ3n) is 4.73. The fourth-order valence-electron chi connectivity index (χ4n) is 3.33. The number of nitrogens with one attached hydrogen (secondary N) is 1. The Morgan fingerprint density at radius 3 is 2.56 bits per heavy atom. The van der Waals surface area contributed by atoms with Gasteiger partial charge in [-0.3, -0.25) is 0 Å². The van der Waals surface area contributed by atoms with E-state index in [1.165, 1.54) is 12.8 Å². The molecule has 2 aromatic rings. The molecule has 0 bridgehead atoms. The summed E-state index contributed by atoms with van der Waals surface area (Å²) in [6.07, 6.45) is 8.15. The molecule has 0 spiro atoms. The Hall–Kier alpha value is -2.50. The predicted molar refractivity (Wildman–Crippen MR) is 96.6 cm³/mol. The maximum absolute atomic E-state index is 12.9. The number of hydrogen-bond acceptors (Lipinski definition) is 3. The molecule has 1 aliphatic heterocycles. The van der Waals surface area contributed by atoms with Crippen LogP contribution in [0.5, 0.6) is 5.75 Å². The number of aromatic nitrogens is 2. The lowest BCUT2D eigenvalue weighted by Crippen LogP contribution is -2.43. The molecule has 0 saturated carbocycles. The molecule has 134 valence electrons. The molecule has 0 radical (unpaired) electrons. The maximum Gasteiger partial charge on any atom is 0.318 e. The van der Waals surface area contributed by atoms with Crippen LogP contribution in [-0.2, 0) is 7.05 Å². The van der Waals surface area contributed by atoms with Crippen LogP contribution in [0.3, 0.4) is 0 Å². The van der Waals surface area contributed by atoms with Gasteiger partial charge in [-0.2, -0.15) is 0 Å². The van der Waals surface area contributed by atoms with E-state index in [2.05, 4.69) is 10.3 Å². The molecule has 1 aromatic carbocycles. The zero-order chi connectivity index (χ0) is 17.6. The molecule has 1 atom stereocenters. The second kappa shape index (κ2) is 8.05. The van der Waals surface area contributed by atoms with Crippen molar-refractivity contribution in [3.8, 4) is 5.75 Å². The summed E-state index contributed by atoms with van der Waals surface area (Å²) in [4.78, 5) is 19.3. The molecule has 1 saturated heterocycles. The molecule has 25 heavy (non-hydrogen) atoms. The van der Waals surface area contributed by atoms with Crippen LogP contribution < -0.4 is 10.1 Å². The average molecular weight is 342 g/mol. The van der Waals surface area contributed by atoms with Crippen molar-refractivity contribution in [3.05, 3.63) is 48.0 Å². The highest BCUT2D eigenvalue weighted by Crippen LogP contribution is 2.29. The Morgan fingerprint density at radius 1 is 1.20 bits per heavy atom. The Balaban J connectivity index is 1.89. The summed E-state index contributed by atoms with van der Waals surface area (Å²) >= 11 is 0. The zero-order valence-electron chi connectivity index (χ0n) is 14.9. The van der Waals surface area contributed by atoms with Crippen LogP contribution >= 0.6 is 0 Å². The highest BCUT2D eigenvalue weighted by Gasteiger charge is 2.26. The van der Waals surface area contributed by atoms with Crippen LogP contribution in [0.4, 0.5) is 4.79 Å². The van der Waals surface area contributed by atoms with E-state index in [-0.39, 0.29) is 12.1 Å². The van der Waals surface area contributed by atoms with Crippen LogP contribution in [0.25, 0.3) is 0 Å². The number of imidazole rings is 1. The number of ether oxygens (including phenoxy) is 1. The minimum absolute atomic E-state index is 0.0409. The van der Waals surface area contributed by atoms with Crippen molar-refractivity contribution in [1.29, 1.82) is 0 Å². The summed E-state index contributed by atoms with van der Waals surface area (Å²) in [5, 5.41) is 3.17. The molecule has 1 aliphatic rings. The van der Waals surface area contributed by atoms with Crippen molar-refractivity contribution in [3.63, 3.8) is 0 Å². The first kappa shape index (κ1) is 17.3. The van der Waals surface area contributed by atoms with Gasteiger partial charge in [0.05, 0.1) is 7.11 Å². The normalized spacial score (nSPS) is 16.2. The van der Waals surface area contributed by atoms with Gasteiger partial charge < -0.3 is 19.5 Å². The van der Waals surface area contributed by atoms with E-state index >= 15 is 0 Å². The minimum atomic E-state index is -0.355. The number of aryl methyl sites for hydroxylation is 1. The van der Waals surface area contributed by atoms with Crippen LogP contribution in [0.15, 0.2) is 36.7 Å². The summed E-state index contributed by atoms with van der Waals surface area (Å²) in [6, 6.07) is 7.36. The molecule has 2 heterocycles. The molecular formula is C19H26N4O2. The van der Waals surface area contributed by atoms with E-state index in [0.29, 0.717) is 0 Å². The highest BCUT2D eigenvalue weighted by atomic mass is 16.5. The minimum Gasteiger partial charge on any atom is -0.496 e. The molecule has 1 aromatic heterocycles. The molecule has 0 aliphatic carbocycles. The van der Waals surface area contributed by atoms with E-state index in [9.17, 15) is 4.79 Å². The number of benzene rings is 1. The predicted octanol–water partition coefficient (Wildman–Crippen LogP) is 3.10. The topological polar surface area (TPSA) is 59.4 Å². The number of urea groups is 1. The Kier molecular flexibility index (Phi) is 5.58. The second-order valence-electron chi connectivity index (χ2n) is 6.42. The first-order chi connectivity index (χ1) is 12.2. The molecule has 1 fully saturated rings. The summed E-state index contributed by atoms with van der Waals surface area (Å²) in [6.45, 7) is 1.62. The van der Waals surface area contributed by atoms with Crippen molar-refractivity contribution in [2.24, 2.45) is 7.05 Å². The number of para-hydroxylation sites is 1. The van der Waals surface area contributed by atoms with Crippen molar-refractivity contribution < 1.29 is 9.53 Å². The first-order valence-electron chi connectivity index (χ1n) is 8.86. The highest BCUT2D eigenvalue weighted by molar-refractivity contribution is 5.75. The van der Waals surface area contributed by atoms with E-state index < -0.39 is 0 Å². The molecule has 1 N–H and O–H groups in total. The van der Waals surface area contributed by atoms with Crippen molar-refractivity contribution in [1.82, 2.24) is 19.8 Å². The van der Waals surface area contributed by atoms with Gasteiger partial charge >= 0.3 is 6.03 Å². The third kappa shape index (κ3) is 3.95. The molecular weight excluding hydrogens is 316 g/mol. The van der Waals surface area contributed by atoms with Gasteiger partial charge in [-0.05, 0) is 18.9 Å². The molecule has 2 amide bonds. The van der Waals surface area contributed by atoms with Gasteiger partial charge in [0.15, 0.2) is 0 Å². The number of methoxy groups -OCH3 is 1. The number of hydrogen-bond donors (Lipinski definition) is 1. The summed E-state index contributed by atoms with van der Waals surface area (Å²) in [5.41, 5.74) is 0.905. The van der Waals surface area contributed by atoms with Gasteiger partial charge in [-0.1, -0.05) is 31.0 Å². The smallest absolute Gasteiger partial charge is 0.318 e. The van der Waals surface area contributed by atoms with E-state index in [1.807, 2.05) is 47.0 Å². The Morgan fingerprint density at radius 2 is 1.92 bits per heavy atom. The third-order valence-corrected chi connectivity index (χ3v) is 4.73. The van der Waals surface area contributed by atoms with Gasteiger partial charge in [0.1, 0.15) is 17.6 Å². The van der Waals surface area contributed by atoms with Gasteiger partial charge in [0.25, 0.3) is 0 Å². The first-order valence-corrected chi connectivity index (χ1v) is 8.86. The number of likely N-dealkylation sites (tertiary alicyclic amines) is 1. The lowest BCUT2D eigenvalue weighted by atomic mass is 10.0. The number of nitrogens with zero attached hydrogens (tertiary/aromatic N) is 3. The SMILES string of the molecule is COc1ccccc1C(NC(=O)N1CCCCCC1)c1nccn1C. The number of amides is 2. The van der Waals surface area contributed by atoms with E-state index in [0.717, 1.165) is 43.1 Å². The van der Waals surface area contributed by atoms with Gasteiger partial charge in [-0.25, -0.2) is 9.78 Å². The number of rotatable bonds is 4. The van der Waals surface area contributed by atoms with Gasteiger partial charge in [0, 0.05) is 38.1 Å². The second-order valence-corrected chi connectivity index (χ2v) is 6.42. The van der Waals surface area contributed by atoms with Crippen molar-refractivity contribution in [2.45, 2.75) is 31.7 Å². The van der Waals surface area contributed by atoms with Gasteiger partial charge in [0.2, 0.25) is 0 Å². The van der Waals surface area contributed by atoms with E-state index in [1.54, 1.807) is 13.3 Å². The monoisotopic (exact) mass is 342 g/mol. The quantitative estimate of drug-likeness (QED) is 0.929. The lowest BCUT2D eigenvalue weighted by molar-refractivity contribution is 0.196. The standard InChI is InChI=1S/C19H26N4O2/c1-22-14-11-20-18(22)17(15-9-5-6-10-16(15)25-2)21-19(24)23-12-7-3-4-8-13-23/h5-6,9-11,14,17H,3-4,7-8,12-13H2,1-2H3,(H,21,24). The lowest BCUT2D eigenvalue weighted by Gasteiger charge is -2.26. The zero-order valence-corrected chi connectivity index (χ0v) is 14.9. The van der Waals surface area contributed by atoms with Crippen molar-refractivity contribution in [2.75, 3.05) is 20.2 Å². The number of carbonyl (C=O) groups is 1. The summed E-state index contributed by atoms with van der Waals surface area (Å²) in [5.74, 6) is 1.53. The molecule has 1 unspecified atom stereocenters. The summed E-state index contributed by atoms with van der Waals surface area (Å²) < 4.78 is 7.44. The maximum atomic E-state index is 12.9. The van der Waals surface area contributed by atoms with Crippen LogP contribution in [0.2, 0.25) is 0 Å². The fraction of sp³-hybridized carbons (Fsp3) is 0.474. The van der Waals surface area contributed by atoms with Crippen LogP contribution in [0.1, 0.15) is 43.1 Å². The number of carbonyl (C=O) groups excluding carboxylic acids is 1. The Labute approximate surface area is 148 Å². The Bertz CT molecular complexity index is 705. The molecule has 6 heteroatoms. The van der Waals surface area contributed by atoms with Crippen LogP contribution in [0, 0.1) is 0 Å². The van der Waals surface area contributed by atoms with Gasteiger partial charge in [-0.15, -0.1) is 0 Å². The summed E-state index contributed by atoms with van der Waals surface area (Å²) in [7, 11) is 3.58. The van der Waals surface area contributed by atoms with E-state index in [4.69, 9.17) is 4.74 Å². The fourth-order valence-corrected chi connectivity index (χ4v) is 3.33. The van der Waals surface area contributed by atoms with Crippen LogP contribution in [-0.4, -0.2) is 40.7 Å². The molecule has 3 rings (SSSR count). The average Bonchev–Trinajstić information content (AvgIpc) is 2.88. The van der Waals surface area contributed by atoms with Crippen molar-refractivity contribution >= 4 is 6.03 Å².